The van der Waals surface area contributed by atoms with E-state index in [1.807, 2.05) is 0 Å². The molecule has 0 spiro atoms. The summed E-state index contributed by atoms with van der Waals surface area (Å²) in [6, 6.07) is 3.41. The van der Waals surface area contributed by atoms with Gasteiger partial charge in [-0.2, -0.15) is 0 Å². The van der Waals surface area contributed by atoms with Crippen LogP contribution in [0.5, 0.6) is 0 Å². The molecule has 0 aliphatic carbocycles. The van der Waals surface area contributed by atoms with Crippen LogP contribution in [0.2, 0.25) is 0 Å². The van der Waals surface area contributed by atoms with Gasteiger partial charge >= 0.3 is 11.8 Å². The summed E-state index contributed by atoms with van der Waals surface area (Å²) in [5, 5.41) is -3.29. The summed E-state index contributed by atoms with van der Waals surface area (Å²) in [4.78, 5) is 21.4. The number of carbonyl (C=O) groups excluding carboxylic acids is 2. The van der Waals surface area contributed by atoms with Gasteiger partial charge in [0.15, 0.2) is 0 Å². The number of benzene rings is 1. The van der Waals surface area contributed by atoms with Crippen LogP contribution in [0.1, 0.15) is 20.7 Å². The summed E-state index contributed by atoms with van der Waals surface area (Å²) < 4.78 is 47.2. The zero-order valence-corrected chi connectivity index (χ0v) is 7.53. The standard InChI is InChI=1S/C8H4F4N2O2/c9-13(10)7(15)5-1-2-6(4-3-5)8(16)14(11)12/h1-4H. The lowest BCUT2D eigenvalue weighted by molar-refractivity contribution is -0.109. The van der Waals surface area contributed by atoms with E-state index in [0.717, 1.165) is 24.3 Å². The predicted molar refractivity (Wildman–Crippen MR) is 43.2 cm³/mol. The number of rotatable bonds is 2. The molecule has 8 heteroatoms. The van der Waals surface area contributed by atoms with E-state index in [-0.39, 0.29) is 0 Å². The van der Waals surface area contributed by atoms with Crippen molar-refractivity contribution in [3.8, 4) is 0 Å². The molecule has 1 aromatic carbocycles. The fraction of sp³-hybridized carbons (Fsp3) is 0. The number of amides is 2. The molecule has 0 heterocycles. The fourth-order valence-corrected chi connectivity index (χ4v) is 0.951. The second-order valence-corrected chi connectivity index (χ2v) is 2.65. The highest BCUT2D eigenvalue weighted by Crippen LogP contribution is 2.11. The van der Waals surface area contributed by atoms with Crippen LogP contribution in [0.3, 0.4) is 0 Å². The molecular weight excluding hydrogens is 232 g/mol. The summed E-state index contributed by atoms with van der Waals surface area (Å²) in [7, 11) is 0. The van der Waals surface area contributed by atoms with Gasteiger partial charge in [0.1, 0.15) is 0 Å². The lowest BCUT2D eigenvalue weighted by Gasteiger charge is -2.03. The van der Waals surface area contributed by atoms with Crippen LogP contribution >= 0.6 is 0 Å². The molecule has 0 saturated carbocycles. The van der Waals surface area contributed by atoms with Crippen LogP contribution in [0.4, 0.5) is 17.9 Å². The highest BCUT2D eigenvalue weighted by Gasteiger charge is 2.18. The van der Waals surface area contributed by atoms with Gasteiger partial charge in [0.2, 0.25) is 0 Å². The zero-order valence-electron chi connectivity index (χ0n) is 7.53. The molecule has 4 nitrogen and oxygen atoms in total. The van der Waals surface area contributed by atoms with Crippen LogP contribution < -0.4 is 0 Å². The molecule has 0 atom stereocenters. The van der Waals surface area contributed by atoms with E-state index in [0.29, 0.717) is 0 Å². The maximum atomic E-state index is 11.8. The third-order valence-electron chi connectivity index (χ3n) is 1.69. The van der Waals surface area contributed by atoms with E-state index in [1.165, 1.54) is 0 Å². The molecule has 2 amide bonds. The fourth-order valence-electron chi connectivity index (χ4n) is 0.951. The van der Waals surface area contributed by atoms with Crippen molar-refractivity contribution >= 4 is 11.8 Å². The molecular formula is C8H4F4N2O2. The third kappa shape index (κ3) is 2.47. The largest absolute Gasteiger partial charge is 0.314 e. The second kappa shape index (κ2) is 4.60. The van der Waals surface area contributed by atoms with Crippen LogP contribution in [0.15, 0.2) is 24.3 Å². The van der Waals surface area contributed by atoms with Crippen molar-refractivity contribution in [2.75, 3.05) is 0 Å². The van der Waals surface area contributed by atoms with E-state index in [2.05, 4.69) is 0 Å². The van der Waals surface area contributed by atoms with Gasteiger partial charge in [0, 0.05) is 21.8 Å². The molecule has 86 valence electrons. The molecule has 0 aromatic heterocycles. The van der Waals surface area contributed by atoms with Gasteiger partial charge in [-0.15, -0.1) is 0 Å². The van der Waals surface area contributed by atoms with Crippen molar-refractivity contribution in [1.82, 2.24) is 10.7 Å². The molecule has 0 fully saturated rings. The van der Waals surface area contributed by atoms with E-state index in [4.69, 9.17) is 0 Å². The quantitative estimate of drug-likeness (QED) is 0.582. The first-order valence-corrected chi connectivity index (χ1v) is 3.85. The zero-order chi connectivity index (χ0) is 12.3. The molecule has 0 saturated heterocycles. The van der Waals surface area contributed by atoms with Crippen molar-refractivity contribution in [3.63, 3.8) is 0 Å². The van der Waals surface area contributed by atoms with Crippen LogP contribution in [-0.2, 0) is 0 Å². The smallest absolute Gasteiger partial charge is 0.263 e. The number of nitrogens with zero attached hydrogens (tertiary/aromatic N) is 2. The molecule has 0 unspecified atom stereocenters. The number of hydrogen-bond acceptors (Lipinski definition) is 2. The van der Waals surface area contributed by atoms with Gasteiger partial charge in [-0.3, -0.25) is 9.59 Å². The van der Waals surface area contributed by atoms with Gasteiger partial charge in [-0.25, -0.2) is 0 Å². The van der Waals surface area contributed by atoms with Crippen molar-refractivity contribution in [2.24, 2.45) is 0 Å². The van der Waals surface area contributed by atoms with Crippen molar-refractivity contribution < 1.29 is 27.5 Å². The Morgan fingerprint density at radius 2 is 1.00 bits per heavy atom. The van der Waals surface area contributed by atoms with Gasteiger partial charge in [-0.05, 0) is 24.3 Å². The second-order valence-electron chi connectivity index (χ2n) is 2.65. The summed E-state index contributed by atoms with van der Waals surface area (Å²) in [6.45, 7) is 0. The Kier molecular flexibility index (Phi) is 3.44. The Balaban J connectivity index is 2.92. The van der Waals surface area contributed by atoms with Gasteiger partial charge in [-0.1, -0.05) is 17.9 Å². The van der Waals surface area contributed by atoms with Gasteiger partial charge < -0.3 is 0 Å². The first-order chi connectivity index (χ1) is 7.43. The maximum absolute atomic E-state index is 11.8. The topological polar surface area (TPSA) is 40.6 Å². The molecule has 1 rings (SSSR count). The minimum atomic E-state index is -1.65. The SMILES string of the molecule is O=C(c1ccc(C(=O)N(F)F)cc1)N(F)F. The average molecular weight is 236 g/mol. The first kappa shape index (κ1) is 12.0. The summed E-state index contributed by atoms with van der Waals surface area (Å²) in [5.74, 6) is -3.17. The molecule has 0 N–H and O–H groups in total. The summed E-state index contributed by atoms with van der Waals surface area (Å²) in [5.41, 5.74) is -0.823. The molecule has 0 aliphatic heterocycles. The summed E-state index contributed by atoms with van der Waals surface area (Å²) in [6.07, 6.45) is 0. The first-order valence-electron chi connectivity index (χ1n) is 3.85. The minimum Gasteiger partial charge on any atom is -0.263 e. The van der Waals surface area contributed by atoms with E-state index < -0.39 is 33.6 Å². The van der Waals surface area contributed by atoms with Crippen LogP contribution in [0.25, 0.3) is 0 Å². The Hall–Kier alpha value is -2.12. The Bertz CT molecular complexity index is 366. The number of hydrogen-bond donors (Lipinski definition) is 0. The molecule has 1 aromatic rings. The van der Waals surface area contributed by atoms with Crippen molar-refractivity contribution in [1.29, 1.82) is 0 Å². The van der Waals surface area contributed by atoms with Crippen molar-refractivity contribution in [2.45, 2.75) is 0 Å². The monoisotopic (exact) mass is 236 g/mol. The Labute approximate surface area is 86.4 Å². The normalized spacial score (nSPS) is 9.75. The molecule has 0 aliphatic rings. The lowest BCUT2D eigenvalue weighted by Crippen LogP contribution is -2.15. The van der Waals surface area contributed by atoms with E-state index in [1.54, 1.807) is 0 Å². The van der Waals surface area contributed by atoms with Gasteiger partial charge in [0.05, 0.1) is 0 Å². The maximum Gasteiger partial charge on any atom is 0.314 e. The van der Waals surface area contributed by atoms with Crippen LogP contribution in [-0.4, -0.2) is 22.5 Å². The van der Waals surface area contributed by atoms with E-state index in [9.17, 15) is 27.5 Å². The molecule has 0 bridgehead atoms. The highest BCUT2D eigenvalue weighted by molar-refractivity contribution is 5.96. The predicted octanol–water partition coefficient (Wildman–Crippen LogP) is 2.11. The number of halogens is 4. The van der Waals surface area contributed by atoms with Gasteiger partial charge in [0.25, 0.3) is 0 Å². The van der Waals surface area contributed by atoms with Crippen LogP contribution in [0, 0.1) is 0 Å². The lowest BCUT2D eigenvalue weighted by atomic mass is 10.1. The third-order valence-corrected chi connectivity index (χ3v) is 1.69. The van der Waals surface area contributed by atoms with Crippen molar-refractivity contribution in [3.05, 3.63) is 35.4 Å². The molecule has 0 radical (unpaired) electrons. The highest BCUT2D eigenvalue weighted by atomic mass is 19.4. The number of carbonyl (C=O) groups is 2. The minimum absolute atomic E-state index is 0.411. The summed E-state index contributed by atoms with van der Waals surface area (Å²) >= 11 is 0. The Morgan fingerprint density at radius 1 is 0.750 bits per heavy atom. The van der Waals surface area contributed by atoms with E-state index >= 15 is 0 Å². The Morgan fingerprint density at radius 3 is 1.19 bits per heavy atom. The average Bonchev–Trinajstić information content (AvgIpc) is 2.27. The molecule has 16 heavy (non-hydrogen) atoms.